The molecule has 6 heterocycles. The standard InChI is InChI=1S/C34H24N6O.2Ga.Pt/c1-23-5-3-7-25(17-23)21-39-31-11-9-27(19-29(31)33-35-13-14-36-33)41-28-10-12-32(30(20-28)34-37-15-16-38-34)40-22-26-8-4-6-24(2)18-26;;;/h3-16H,21-22H2,1-2H3;;;/q-6;3*+2. The van der Waals surface area contributed by atoms with Gasteiger partial charge in [0.25, 0.3) is 0 Å². The quantitative estimate of drug-likeness (QED) is 0.189. The smallest absolute Gasteiger partial charge is 2.00 e. The van der Waals surface area contributed by atoms with Gasteiger partial charge in [0.2, 0.25) is 0 Å². The summed E-state index contributed by atoms with van der Waals surface area (Å²) in [6.07, 6.45) is 8.18. The summed E-state index contributed by atoms with van der Waals surface area (Å²) < 4.78 is 19.8. The van der Waals surface area contributed by atoms with Crippen LogP contribution in [0.1, 0.15) is 22.3 Å². The Balaban J connectivity index is 0.00000270. The van der Waals surface area contributed by atoms with Gasteiger partial charge in [-0.2, -0.15) is 0 Å². The zero-order valence-corrected chi connectivity index (χ0v) is 31.2. The fraction of sp³-hybridized carbons (Fsp3) is 0.118. The van der Waals surface area contributed by atoms with E-state index in [4.69, 9.17) is 14.7 Å². The van der Waals surface area contributed by atoms with E-state index in [0.717, 1.165) is 35.9 Å². The molecule has 0 saturated heterocycles. The van der Waals surface area contributed by atoms with Crippen LogP contribution in [0, 0.1) is 26.0 Å². The Kier molecular flexibility index (Phi) is 6.03. The summed E-state index contributed by atoms with van der Waals surface area (Å²) >= 11 is -4.55. The molecule has 6 aromatic rings. The number of hydrogen-bond acceptors (Lipinski definition) is 5. The van der Waals surface area contributed by atoms with E-state index in [9.17, 15) is 0 Å². The van der Waals surface area contributed by atoms with Gasteiger partial charge in [-0.05, 0) is 0 Å². The Morgan fingerprint density at radius 2 is 1.14 bits per heavy atom. The second-order valence-corrected chi connectivity index (χ2v) is 22.4. The van der Waals surface area contributed by atoms with Crippen molar-refractivity contribution in [2.45, 2.75) is 26.9 Å². The Morgan fingerprint density at radius 3 is 1.61 bits per heavy atom. The van der Waals surface area contributed by atoms with E-state index in [-0.39, 0.29) is 21.1 Å². The van der Waals surface area contributed by atoms with Crippen molar-refractivity contribution in [3.8, 4) is 34.3 Å². The fourth-order valence-electron chi connectivity index (χ4n) is 7.76. The van der Waals surface area contributed by atoms with Gasteiger partial charge < -0.3 is 0 Å². The van der Waals surface area contributed by atoms with Crippen molar-refractivity contribution < 1.29 is 25.8 Å². The number of hydrogen-bond donors (Lipinski definition) is 0. The molecule has 0 atom stereocenters. The zero-order valence-electron chi connectivity index (χ0n) is 24.1. The number of anilines is 2. The molecule has 0 radical (unpaired) electrons. The molecule has 0 unspecified atom stereocenters. The van der Waals surface area contributed by atoms with Crippen LogP contribution >= 0.6 is 0 Å². The Labute approximate surface area is 281 Å². The Hall–Kier alpha value is -3.34. The molecule has 0 spiro atoms. The van der Waals surface area contributed by atoms with Crippen molar-refractivity contribution in [3.63, 3.8) is 0 Å². The van der Waals surface area contributed by atoms with E-state index >= 15 is 0 Å². The molecule has 4 aromatic carbocycles. The van der Waals surface area contributed by atoms with E-state index in [2.05, 4.69) is 101 Å². The van der Waals surface area contributed by atoms with Gasteiger partial charge in [-0.25, -0.2) is 0 Å². The first-order chi connectivity index (χ1) is 21.1. The molecule has 10 heteroatoms. The molecule has 0 fully saturated rings. The van der Waals surface area contributed by atoms with Crippen LogP contribution in [-0.4, -0.2) is 49.9 Å². The number of aryl methyl sites for hydroxylation is 2. The number of fused-ring (bicyclic) bond motifs is 16. The van der Waals surface area contributed by atoms with Gasteiger partial charge in [-0.1, -0.05) is 0 Å². The Morgan fingerprint density at radius 1 is 0.659 bits per heavy atom. The molecule has 2 aromatic heterocycles. The van der Waals surface area contributed by atoms with Crippen LogP contribution in [0.25, 0.3) is 22.8 Å². The summed E-state index contributed by atoms with van der Waals surface area (Å²) in [6, 6.07) is 29.1. The molecule has 0 aliphatic carbocycles. The maximum absolute atomic E-state index is 6.49. The van der Waals surface area contributed by atoms with Gasteiger partial charge in [0.05, 0.1) is 0 Å². The first kappa shape index (κ1) is 27.0. The third kappa shape index (κ3) is 3.64. The first-order valence-electron chi connectivity index (χ1n) is 14.7. The molecular weight excluding hydrogens is 843 g/mol. The van der Waals surface area contributed by atoms with Crippen molar-refractivity contribution in [2.75, 3.05) is 7.21 Å². The normalized spacial score (nSPS) is 14.5. The zero-order chi connectivity index (χ0) is 28.4. The molecule has 7 nitrogen and oxygen atoms in total. The molecule has 0 N–H and O–H groups in total. The molecule has 10 rings (SSSR count). The van der Waals surface area contributed by atoms with Crippen LogP contribution in [0.15, 0.2) is 85.5 Å². The van der Waals surface area contributed by atoms with Gasteiger partial charge in [-0.15, -0.1) is 0 Å². The predicted molar refractivity (Wildman–Crippen MR) is 169 cm³/mol. The topological polar surface area (TPSA) is 51.4 Å². The Bertz CT molecular complexity index is 2010. The third-order valence-electron chi connectivity index (χ3n) is 9.56. The van der Waals surface area contributed by atoms with E-state index in [1.54, 1.807) is 8.24 Å². The fourth-order valence-corrected chi connectivity index (χ4v) is 22.1. The summed E-state index contributed by atoms with van der Waals surface area (Å²) in [5, 5.41) is 0. The summed E-state index contributed by atoms with van der Waals surface area (Å²) in [7, 11) is 0. The molecule has 0 saturated carbocycles. The molecule has 0 bridgehead atoms. The largest absolute Gasteiger partial charge is 2.00 e. The van der Waals surface area contributed by atoms with Crippen LogP contribution in [0.4, 0.5) is 11.4 Å². The molecular formula is C34H24Ga2N6OPt. The monoisotopic (exact) mass is 865 g/mol. The molecule has 4 aliphatic rings. The summed E-state index contributed by atoms with van der Waals surface area (Å²) in [5.74, 6) is 3.33. The second-order valence-electron chi connectivity index (χ2n) is 11.9. The van der Waals surface area contributed by atoms with Crippen molar-refractivity contribution in [1.82, 2.24) is 16.5 Å². The van der Waals surface area contributed by atoms with Gasteiger partial charge in [0.1, 0.15) is 0 Å². The number of ether oxygens (including phenoxy) is 1. The van der Waals surface area contributed by atoms with Crippen molar-refractivity contribution in [3.05, 3.63) is 120 Å². The van der Waals surface area contributed by atoms with Crippen molar-refractivity contribution >= 4 is 53.0 Å². The summed E-state index contributed by atoms with van der Waals surface area (Å²) in [6.45, 7) is 6.38. The van der Waals surface area contributed by atoms with Crippen LogP contribution < -0.4 is 20.2 Å². The van der Waals surface area contributed by atoms with Gasteiger partial charge in [0.15, 0.2) is 0 Å². The number of aromatic nitrogens is 4. The second kappa shape index (κ2) is 9.83. The third-order valence-corrected chi connectivity index (χ3v) is 23.6. The predicted octanol–water partition coefficient (Wildman–Crippen LogP) is 4.57. The van der Waals surface area contributed by atoms with Crippen LogP contribution in [0.2, 0.25) is 0 Å². The minimum atomic E-state index is -2.28. The van der Waals surface area contributed by atoms with Gasteiger partial charge in [-0.3, -0.25) is 0 Å². The van der Waals surface area contributed by atoms with Gasteiger partial charge in [0, 0.05) is 0 Å². The number of imidazole rings is 2. The molecule has 212 valence electrons. The first-order valence-corrected chi connectivity index (χ1v) is 21.5. The maximum Gasteiger partial charge on any atom is 2.00 e. The van der Waals surface area contributed by atoms with Crippen molar-refractivity contribution in [1.29, 1.82) is 0 Å². The van der Waals surface area contributed by atoms with Crippen LogP contribution in [0.5, 0.6) is 11.5 Å². The van der Waals surface area contributed by atoms with E-state index in [1.807, 2.05) is 24.5 Å². The van der Waals surface area contributed by atoms with E-state index in [0.29, 0.717) is 11.5 Å². The van der Waals surface area contributed by atoms with Crippen LogP contribution in [-0.2, 0) is 34.2 Å². The summed E-state index contributed by atoms with van der Waals surface area (Å²) in [5.41, 5.74) is 10.1. The van der Waals surface area contributed by atoms with Crippen molar-refractivity contribution in [2.24, 2.45) is 0 Å². The number of benzene rings is 4. The van der Waals surface area contributed by atoms with Crippen LogP contribution in [0.3, 0.4) is 0 Å². The number of rotatable bonds is 2. The number of nitrogens with zero attached hydrogens (tertiary/aromatic N) is 6. The molecule has 0 amide bonds. The van der Waals surface area contributed by atoms with E-state index in [1.165, 1.54) is 33.6 Å². The SMILES string of the molecule is Cc1cccc2[c]1[Ga]1[N](C2)c2ccc(Oc3[c-]c4c(cc3)[N]3Cc5cccc(C)[c]5[Ga]3[n]3ccnc3-4)[c-]c2-c2ncc[n]21.[Pt+2]. The minimum absolute atomic E-state index is 0. The van der Waals surface area contributed by atoms with E-state index < -0.39 is 33.4 Å². The molecule has 44 heavy (non-hydrogen) atoms. The minimum Gasteiger partial charge on any atom is 2.00 e. The summed E-state index contributed by atoms with van der Waals surface area (Å²) in [4.78, 5) is 9.63. The molecule has 4 aliphatic heterocycles. The van der Waals surface area contributed by atoms with Gasteiger partial charge >= 0.3 is 284 Å². The maximum atomic E-state index is 6.49. The average Bonchev–Trinajstić information content (AvgIpc) is 3.81. The average molecular weight is 867 g/mol.